The maximum Gasteiger partial charge on any atom is 0.250 e. The van der Waals surface area contributed by atoms with Crippen LogP contribution < -0.4 is 11.1 Å². The molecule has 1 aliphatic rings. The molecule has 0 saturated carbocycles. The molecule has 5 heteroatoms. The lowest BCUT2D eigenvalue weighted by atomic mass is 10.1. The van der Waals surface area contributed by atoms with Gasteiger partial charge in [0, 0.05) is 43.5 Å². The van der Waals surface area contributed by atoms with E-state index in [2.05, 4.69) is 0 Å². The fourth-order valence-electron chi connectivity index (χ4n) is 2.88. The van der Waals surface area contributed by atoms with Gasteiger partial charge in [0.1, 0.15) is 0 Å². The molecule has 0 saturated heterocycles. The van der Waals surface area contributed by atoms with Crippen LogP contribution in [0.4, 0.5) is 0 Å². The van der Waals surface area contributed by atoms with Crippen LogP contribution >= 0.6 is 0 Å². The van der Waals surface area contributed by atoms with Gasteiger partial charge in [0.15, 0.2) is 5.78 Å². The number of carbonyl (C=O) groups is 1. The summed E-state index contributed by atoms with van der Waals surface area (Å²) in [5.74, 6) is -0.0626. The highest BCUT2D eigenvalue weighted by Gasteiger charge is 2.19. The van der Waals surface area contributed by atoms with E-state index in [9.17, 15) is 14.4 Å². The molecule has 4 rings (SSSR count). The minimum Gasteiger partial charge on any atom is -0.311 e. The number of ketones is 1. The quantitative estimate of drug-likeness (QED) is 0.636. The number of allylic oxidation sites excluding steroid dienone is 2. The highest BCUT2D eigenvalue weighted by Crippen LogP contribution is 2.21. The van der Waals surface area contributed by atoms with Crippen molar-refractivity contribution < 1.29 is 6.22 Å². The molecule has 0 amide bonds. The molecule has 0 fully saturated rings. The van der Waals surface area contributed by atoms with E-state index < -0.39 is 0 Å². The first-order chi connectivity index (χ1) is 13.1. The molecule has 2 aromatic heterocycles. The molecule has 5 nitrogen and oxygen atoms in total. The maximum absolute atomic E-state index is 12.1. The van der Waals surface area contributed by atoms with E-state index in [0.29, 0.717) is 24.2 Å². The summed E-state index contributed by atoms with van der Waals surface area (Å²) in [5.41, 5.74) is 2.94. The Bertz CT molecular complexity index is 1160. The van der Waals surface area contributed by atoms with Crippen molar-refractivity contribution in [3.63, 3.8) is 0 Å². The van der Waals surface area contributed by atoms with Crippen molar-refractivity contribution in [1.82, 2.24) is 9.13 Å². The summed E-state index contributed by atoms with van der Waals surface area (Å²) in [5, 5.41) is 0. The highest BCUT2D eigenvalue weighted by atomic mass is 16.1. The predicted molar refractivity (Wildman–Crippen MR) is 105 cm³/mol. The van der Waals surface area contributed by atoms with Gasteiger partial charge in [-0.2, -0.15) is 0 Å². The fraction of sp³-hybridized carbons (Fsp3) is 0.0909. The van der Waals surface area contributed by atoms with Crippen LogP contribution in [0.1, 0.15) is 22.9 Å². The average Bonchev–Trinajstić information content (AvgIpc) is 3.51. The fourth-order valence-corrected chi connectivity index (χ4v) is 2.88. The second-order valence-electron chi connectivity index (χ2n) is 6.48. The van der Waals surface area contributed by atoms with Gasteiger partial charge in [-0.15, -0.1) is 0 Å². The molecule has 135 valence electrons. The Morgan fingerprint density at radius 3 is 2.07 bits per heavy atom. The lowest BCUT2D eigenvalue weighted by Crippen LogP contribution is -2.21. The zero-order chi connectivity index (χ0) is 18.8. The Labute approximate surface area is 157 Å². The van der Waals surface area contributed by atoms with Gasteiger partial charge < -0.3 is 9.13 Å². The van der Waals surface area contributed by atoms with Gasteiger partial charge >= 0.3 is 0 Å². The summed E-state index contributed by atoms with van der Waals surface area (Å²) < 4.78 is 3.17. The van der Waals surface area contributed by atoms with Crippen molar-refractivity contribution in [3.8, 4) is 0 Å². The Morgan fingerprint density at radius 1 is 0.815 bits per heavy atom. The Hall–Kier alpha value is -3.47. The van der Waals surface area contributed by atoms with E-state index in [1.54, 1.807) is 41.6 Å². The number of benzene rings is 1. The first-order valence-electron chi connectivity index (χ1n) is 8.64. The van der Waals surface area contributed by atoms with Crippen LogP contribution in [0, 0.1) is 6.42 Å². The number of aromatic nitrogens is 2. The van der Waals surface area contributed by atoms with E-state index in [1.807, 2.05) is 30.3 Å². The first-order valence-corrected chi connectivity index (χ1v) is 8.64. The molecule has 2 heterocycles. The largest absolute Gasteiger partial charge is 0.311 e. The average molecular weight is 359 g/mol. The highest BCUT2D eigenvalue weighted by molar-refractivity contribution is 6.13. The standard InChI is InChI=1S/C22H17N2O3.H2/c25-20-3-1-2-12-23(20)13-16-4-6-17(7-5-16)14-24-15-19(10-11-21(24)26)22(27)18-8-9-18;/h1-12,15H,13-14H2;1H. The van der Waals surface area contributed by atoms with Crippen LogP contribution in [0.15, 0.2) is 88.2 Å². The maximum atomic E-state index is 12.1. The number of Topliss-reactive ketones (excluding diaryl/α,β-unsaturated/α-hetero) is 1. The molecule has 0 spiro atoms. The monoisotopic (exact) mass is 359 g/mol. The molecular formula is C22H19N2O3. The van der Waals surface area contributed by atoms with Crippen LogP contribution in [0.2, 0.25) is 0 Å². The normalized spacial score (nSPS) is 12.5. The molecule has 1 radical (unpaired) electrons. The van der Waals surface area contributed by atoms with Crippen molar-refractivity contribution in [2.45, 2.75) is 13.1 Å². The lowest BCUT2D eigenvalue weighted by Gasteiger charge is -2.09. The van der Waals surface area contributed by atoms with Gasteiger partial charge in [-0.05, 0) is 23.3 Å². The van der Waals surface area contributed by atoms with Crippen molar-refractivity contribution >= 4 is 5.78 Å². The van der Waals surface area contributed by atoms with E-state index in [1.165, 1.54) is 16.7 Å². The number of pyridine rings is 2. The van der Waals surface area contributed by atoms with Gasteiger partial charge in [-0.1, -0.05) is 36.4 Å². The predicted octanol–water partition coefficient (Wildman–Crippen LogP) is 2.68. The number of carbonyl (C=O) groups excluding carboxylic acids is 1. The van der Waals surface area contributed by atoms with Gasteiger partial charge in [-0.25, -0.2) is 0 Å². The van der Waals surface area contributed by atoms with Gasteiger partial charge in [0.2, 0.25) is 0 Å². The van der Waals surface area contributed by atoms with Gasteiger partial charge in [-0.3, -0.25) is 14.4 Å². The minimum absolute atomic E-state index is 0. The molecule has 3 aromatic rings. The summed E-state index contributed by atoms with van der Waals surface area (Å²) >= 11 is 0. The van der Waals surface area contributed by atoms with Gasteiger partial charge in [0.05, 0.1) is 13.1 Å². The molecule has 0 unspecified atom stereocenters. The number of rotatable bonds is 6. The van der Waals surface area contributed by atoms with Gasteiger partial charge in [0.25, 0.3) is 11.1 Å². The van der Waals surface area contributed by atoms with Crippen LogP contribution in [0.5, 0.6) is 0 Å². The SMILES string of the molecule is O=C(C1=C[CH]1)c1ccc(=O)n(Cc2ccc(Cn3ccccc3=O)cc2)c1.[HH]. The third-order valence-corrected chi connectivity index (χ3v) is 4.47. The lowest BCUT2D eigenvalue weighted by molar-refractivity contribution is 0.104. The molecule has 0 bridgehead atoms. The summed E-state index contributed by atoms with van der Waals surface area (Å²) in [6.45, 7) is 0.879. The topological polar surface area (TPSA) is 61.1 Å². The summed E-state index contributed by atoms with van der Waals surface area (Å²) in [6.07, 6.45) is 6.88. The molecular weight excluding hydrogens is 340 g/mol. The number of hydrogen-bond donors (Lipinski definition) is 0. The third-order valence-electron chi connectivity index (χ3n) is 4.47. The Kier molecular flexibility index (Phi) is 4.42. The number of hydrogen-bond acceptors (Lipinski definition) is 3. The first kappa shape index (κ1) is 17.0. The van der Waals surface area contributed by atoms with E-state index in [4.69, 9.17) is 0 Å². The Morgan fingerprint density at radius 2 is 1.44 bits per heavy atom. The zero-order valence-electron chi connectivity index (χ0n) is 14.5. The molecule has 1 aromatic carbocycles. The molecule has 27 heavy (non-hydrogen) atoms. The smallest absolute Gasteiger partial charge is 0.250 e. The summed E-state index contributed by atoms with van der Waals surface area (Å²) in [4.78, 5) is 36.0. The molecule has 0 N–H and O–H groups in total. The molecule has 1 aliphatic carbocycles. The van der Waals surface area contributed by atoms with Crippen molar-refractivity contribution in [3.05, 3.63) is 122 Å². The van der Waals surface area contributed by atoms with Crippen molar-refractivity contribution in [1.29, 1.82) is 0 Å². The van der Waals surface area contributed by atoms with Crippen LogP contribution in [-0.2, 0) is 13.1 Å². The summed E-state index contributed by atoms with van der Waals surface area (Å²) in [7, 11) is 0. The van der Waals surface area contributed by atoms with Crippen molar-refractivity contribution in [2.24, 2.45) is 0 Å². The third kappa shape index (κ3) is 3.87. The van der Waals surface area contributed by atoms with E-state index >= 15 is 0 Å². The second kappa shape index (κ2) is 7.03. The van der Waals surface area contributed by atoms with E-state index in [0.717, 1.165) is 11.1 Å². The second-order valence-corrected chi connectivity index (χ2v) is 6.48. The zero-order valence-corrected chi connectivity index (χ0v) is 14.5. The Balaban J connectivity index is 0.00000225. The number of nitrogens with zero attached hydrogens (tertiary/aromatic N) is 2. The molecule has 0 atom stereocenters. The summed E-state index contributed by atoms with van der Waals surface area (Å²) in [6, 6.07) is 15.8. The van der Waals surface area contributed by atoms with Crippen LogP contribution in [0.25, 0.3) is 0 Å². The van der Waals surface area contributed by atoms with Crippen LogP contribution in [-0.4, -0.2) is 14.9 Å². The molecule has 0 aliphatic heterocycles. The van der Waals surface area contributed by atoms with Crippen LogP contribution in [0.3, 0.4) is 0 Å². The van der Waals surface area contributed by atoms with E-state index in [-0.39, 0.29) is 18.3 Å². The van der Waals surface area contributed by atoms with Crippen molar-refractivity contribution in [2.75, 3.05) is 0 Å². The minimum atomic E-state index is -0.153.